The molecule has 2 bridgehead atoms. The quantitative estimate of drug-likeness (QED) is 0.0579. The number of hydrazine groups is 1. The summed E-state index contributed by atoms with van der Waals surface area (Å²) in [6, 6.07) is 11.8. The van der Waals surface area contributed by atoms with Crippen molar-refractivity contribution >= 4 is 41.5 Å². The molecule has 4 aliphatic rings. The number of hydrogen-bond acceptors (Lipinski definition) is 7. The molecule has 248 valence electrons. The number of carbonyl (C=O) groups excluding carboxylic acids is 2. The summed E-state index contributed by atoms with van der Waals surface area (Å²) in [4.78, 5) is 41.8. The summed E-state index contributed by atoms with van der Waals surface area (Å²) < 4.78 is 13.2. The lowest BCUT2D eigenvalue weighted by atomic mass is 9.43. The van der Waals surface area contributed by atoms with Crippen molar-refractivity contribution in [2.24, 2.45) is 33.9 Å². The van der Waals surface area contributed by atoms with E-state index in [0.717, 1.165) is 23.6 Å². The Morgan fingerprint density at radius 1 is 1.13 bits per heavy atom. The van der Waals surface area contributed by atoms with Gasteiger partial charge in [-0.3, -0.25) is 4.79 Å². The van der Waals surface area contributed by atoms with Crippen LogP contribution in [0.1, 0.15) is 66.7 Å². The zero-order valence-corrected chi connectivity index (χ0v) is 27.2. The number of urea groups is 1. The minimum Gasteiger partial charge on any atom is -0.404 e. The average molecular weight is 636 g/mol. The standard InChI is InChI=1S/C32H46BN7O6/c1-19(2)16-27(33-45-26-18-21-17-25(31(21,3)4)32(26,5)46-33)38-28(41)24(14-9-15-35-29(34)39-40(43)44)37-30(42)36-23-13-8-11-20-10-6-7-12-22(20)23/h6-8,10-13,19,21,24-27H,9,14-18H2,1-5H3,(H,38,41)(H3,34,35,39)(H2,36,37,42)/t21-,24+,25-,26-,27+,32+/m1/s1. The Labute approximate surface area is 270 Å². The lowest BCUT2D eigenvalue weighted by Gasteiger charge is -2.64. The van der Waals surface area contributed by atoms with Gasteiger partial charge in [0, 0.05) is 11.9 Å². The van der Waals surface area contributed by atoms with Crippen molar-refractivity contribution in [1.82, 2.24) is 16.1 Å². The Balaban J connectivity index is 1.30. The van der Waals surface area contributed by atoms with Crippen LogP contribution in [0.5, 0.6) is 0 Å². The van der Waals surface area contributed by atoms with Gasteiger partial charge in [-0.1, -0.05) is 69.5 Å². The molecule has 6 atom stereocenters. The van der Waals surface area contributed by atoms with E-state index < -0.39 is 35.8 Å². The van der Waals surface area contributed by atoms with Gasteiger partial charge in [0.05, 0.1) is 23.3 Å². The van der Waals surface area contributed by atoms with Crippen molar-refractivity contribution in [3.05, 3.63) is 52.6 Å². The van der Waals surface area contributed by atoms with Crippen LogP contribution in [0.2, 0.25) is 0 Å². The maximum absolute atomic E-state index is 13.9. The second kappa shape index (κ2) is 13.4. The number of amides is 3. The number of rotatable bonds is 12. The van der Waals surface area contributed by atoms with E-state index in [-0.39, 0.29) is 42.3 Å². The second-order valence-electron chi connectivity index (χ2n) is 14.0. The van der Waals surface area contributed by atoms with Gasteiger partial charge in [0.15, 0.2) is 5.03 Å². The molecule has 0 aromatic heterocycles. The molecular formula is C32H46BN7O6. The summed E-state index contributed by atoms with van der Waals surface area (Å²) in [6.07, 6.45) is 3.20. The number of nitrogens with two attached hydrogens (primary N) is 1. The Morgan fingerprint density at radius 3 is 2.59 bits per heavy atom. The Bertz CT molecular complexity index is 1480. The predicted molar refractivity (Wildman–Crippen MR) is 177 cm³/mol. The highest BCUT2D eigenvalue weighted by molar-refractivity contribution is 6.48. The average Bonchev–Trinajstić information content (AvgIpc) is 3.35. The zero-order chi connectivity index (χ0) is 33.2. The molecular weight excluding hydrogens is 589 g/mol. The van der Waals surface area contributed by atoms with Crippen LogP contribution in [0.3, 0.4) is 0 Å². The van der Waals surface area contributed by atoms with Gasteiger partial charge in [0.1, 0.15) is 6.04 Å². The van der Waals surface area contributed by atoms with Crippen LogP contribution >= 0.6 is 0 Å². The van der Waals surface area contributed by atoms with Crippen molar-refractivity contribution in [3.63, 3.8) is 0 Å². The third-order valence-electron chi connectivity index (χ3n) is 10.1. The van der Waals surface area contributed by atoms with Crippen molar-refractivity contribution in [1.29, 1.82) is 0 Å². The molecule has 3 saturated carbocycles. The topological polar surface area (TPSA) is 182 Å². The van der Waals surface area contributed by atoms with E-state index in [1.165, 1.54) is 0 Å². The van der Waals surface area contributed by atoms with Crippen LogP contribution in [0.15, 0.2) is 47.5 Å². The van der Waals surface area contributed by atoms with Crippen molar-refractivity contribution < 1.29 is 23.9 Å². The summed E-state index contributed by atoms with van der Waals surface area (Å²) in [5.74, 6) is 0.0765. The molecule has 0 spiro atoms. The Kier molecular flexibility index (Phi) is 9.78. The highest BCUT2D eigenvalue weighted by Crippen LogP contribution is 2.65. The van der Waals surface area contributed by atoms with Crippen LogP contribution in [-0.4, -0.2) is 60.3 Å². The molecule has 46 heavy (non-hydrogen) atoms. The maximum atomic E-state index is 13.9. The van der Waals surface area contributed by atoms with Gasteiger partial charge in [-0.2, -0.15) is 0 Å². The minimum atomic E-state index is -0.935. The predicted octanol–water partition coefficient (Wildman–Crippen LogP) is 4.00. The van der Waals surface area contributed by atoms with Crippen LogP contribution in [0.25, 0.3) is 10.8 Å². The van der Waals surface area contributed by atoms with Crippen LogP contribution in [-0.2, 0) is 14.1 Å². The van der Waals surface area contributed by atoms with E-state index >= 15 is 0 Å². The van der Waals surface area contributed by atoms with Gasteiger partial charge in [-0.15, -0.1) is 0 Å². The fourth-order valence-corrected chi connectivity index (χ4v) is 7.64. The second-order valence-corrected chi connectivity index (χ2v) is 14.0. The summed E-state index contributed by atoms with van der Waals surface area (Å²) >= 11 is 0. The fraction of sp³-hybridized carbons (Fsp3) is 0.594. The minimum absolute atomic E-state index is 0.0303. The molecule has 14 heteroatoms. The summed E-state index contributed by atoms with van der Waals surface area (Å²) in [5.41, 5.74) is 7.73. The number of hydrogen-bond donors (Lipinski definition) is 5. The summed E-state index contributed by atoms with van der Waals surface area (Å²) in [5, 5.41) is 20.6. The molecule has 1 saturated heterocycles. The Morgan fingerprint density at radius 2 is 1.87 bits per heavy atom. The lowest BCUT2D eigenvalue weighted by molar-refractivity contribution is -0.525. The molecule has 2 aromatic carbocycles. The Hall–Kier alpha value is -3.91. The molecule has 4 fully saturated rings. The molecule has 6 rings (SSSR count). The molecule has 13 nitrogen and oxygen atoms in total. The molecule has 2 aromatic rings. The monoisotopic (exact) mass is 635 g/mol. The first-order valence-electron chi connectivity index (χ1n) is 16.2. The molecule has 3 aliphatic carbocycles. The first-order chi connectivity index (χ1) is 21.8. The van der Waals surface area contributed by atoms with E-state index in [4.69, 9.17) is 15.0 Å². The third kappa shape index (κ3) is 7.07. The number of guanidine groups is 1. The van der Waals surface area contributed by atoms with E-state index in [0.29, 0.717) is 30.4 Å². The van der Waals surface area contributed by atoms with Gasteiger partial charge >= 0.3 is 13.1 Å². The van der Waals surface area contributed by atoms with Gasteiger partial charge in [-0.25, -0.2) is 19.9 Å². The van der Waals surface area contributed by atoms with Crippen LogP contribution < -0.4 is 27.1 Å². The molecule has 1 aliphatic heterocycles. The van der Waals surface area contributed by atoms with E-state index in [2.05, 4.69) is 55.6 Å². The molecule has 3 amide bonds. The largest absolute Gasteiger partial charge is 0.481 e. The first kappa shape index (κ1) is 33.5. The number of carbonyl (C=O) groups is 2. The number of benzene rings is 2. The van der Waals surface area contributed by atoms with Crippen LogP contribution in [0, 0.1) is 33.3 Å². The van der Waals surface area contributed by atoms with Gasteiger partial charge in [0.2, 0.25) is 5.91 Å². The van der Waals surface area contributed by atoms with Crippen molar-refractivity contribution in [3.8, 4) is 0 Å². The van der Waals surface area contributed by atoms with Gasteiger partial charge in [0.25, 0.3) is 5.96 Å². The number of anilines is 1. The number of nitrogens with zero attached hydrogens (tertiary/aromatic N) is 2. The fourth-order valence-electron chi connectivity index (χ4n) is 7.64. The van der Waals surface area contributed by atoms with E-state index in [1.807, 2.05) is 36.4 Å². The summed E-state index contributed by atoms with van der Waals surface area (Å²) in [7, 11) is -0.612. The van der Waals surface area contributed by atoms with Gasteiger partial charge in [-0.05, 0) is 73.6 Å². The number of fused-ring (bicyclic) bond motifs is 1. The highest BCUT2D eigenvalue weighted by Gasteiger charge is 2.68. The number of aliphatic imine (C=N–C) groups is 1. The molecule has 0 radical (unpaired) electrons. The molecule has 1 heterocycles. The lowest BCUT2D eigenvalue weighted by Crippen LogP contribution is -2.65. The van der Waals surface area contributed by atoms with Crippen molar-refractivity contribution in [2.75, 3.05) is 11.9 Å². The van der Waals surface area contributed by atoms with E-state index in [1.54, 1.807) is 11.5 Å². The van der Waals surface area contributed by atoms with E-state index in [9.17, 15) is 19.7 Å². The first-order valence-corrected chi connectivity index (χ1v) is 16.2. The SMILES string of the molecule is CC(C)C[C@H](NC(=O)[C@H](CCCN=C(N)N[N+](=O)[O-])NC(=O)Nc1cccc2ccccc12)B1O[C@@H]2C[C@H]3C[C@H](C3(C)C)[C@]2(C)O1. The normalized spacial score (nSPS) is 26.1. The van der Waals surface area contributed by atoms with Crippen molar-refractivity contribution in [2.45, 2.75) is 90.4 Å². The molecule has 0 unspecified atom stereocenters. The maximum Gasteiger partial charge on any atom is 0.481 e. The third-order valence-corrected chi connectivity index (χ3v) is 10.1. The highest BCUT2D eigenvalue weighted by atomic mass is 16.7. The summed E-state index contributed by atoms with van der Waals surface area (Å²) in [6.45, 7) is 11.0. The zero-order valence-electron chi connectivity index (χ0n) is 27.2. The molecule has 6 N–H and O–H groups in total. The number of nitro groups is 1. The smallest absolute Gasteiger partial charge is 0.404 e. The van der Waals surface area contributed by atoms with Gasteiger partial charge < -0.3 is 31.0 Å². The van der Waals surface area contributed by atoms with Crippen LogP contribution in [0.4, 0.5) is 10.5 Å². The number of nitrogens with one attached hydrogen (secondary N) is 4.